The molecule has 0 amide bonds. The Labute approximate surface area is 194 Å². The minimum absolute atomic E-state index is 0. The molecule has 0 heterocycles. The van der Waals surface area contributed by atoms with Crippen molar-refractivity contribution >= 4 is 23.8 Å². The van der Waals surface area contributed by atoms with E-state index in [2.05, 4.69) is 10.6 Å². The molecule has 32 heavy (non-hydrogen) atoms. The van der Waals surface area contributed by atoms with Crippen molar-refractivity contribution in [1.29, 1.82) is 0 Å². The van der Waals surface area contributed by atoms with E-state index in [1.807, 2.05) is 55.5 Å². The second-order valence-corrected chi connectivity index (χ2v) is 6.86. The van der Waals surface area contributed by atoms with Crippen molar-refractivity contribution in [3.63, 3.8) is 0 Å². The van der Waals surface area contributed by atoms with E-state index < -0.39 is 4.92 Å². The summed E-state index contributed by atoms with van der Waals surface area (Å²) in [6.45, 7) is 5.03. The van der Waals surface area contributed by atoms with Gasteiger partial charge in [-0.1, -0.05) is 42.5 Å². The topological polar surface area (TPSA) is 85.7 Å². The number of benzene rings is 3. The van der Waals surface area contributed by atoms with Crippen molar-refractivity contribution in [3.05, 3.63) is 94.0 Å². The van der Waals surface area contributed by atoms with E-state index in [0.29, 0.717) is 32.8 Å². The quantitative estimate of drug-likeness (QED) is 0.221. The van der Waals surface area contributed by atoms with Crippen LogP contribution in [0.4, 0.5) is 11.4 Å². The van der Waals surface area contributed by atoms with Gasteiger partial charge in [0.15, 0.2) is 11.5 Å². The first kappa shape index (κ1) is 25.0. The van der Waals surface area contributed by atoms with E-state index in [9.17, 15) is 10.1 Å². The molecule has 0 saturated carbocycles. The zero-order valence-electron chi connectivity index (χ0n) is 18.0. The number of non-ortho nitro benzene ring substituents is 1. The molecular formula is C24H28ClN3O4. The van der Waals surface area contributed by atoms with Crippen LogP contribution in [0.1, 0.15) is 18.1 Å². The van der Waals surface area contributed by atoms with Gasteiger partial charge in [-0.15, -0.1) is 12.4 Å². The van der Waals surface area contributed by atoms with E-state index in [1.165, 1.54) is 12.1 Å². The number of nitro benzene ring substituents is 1. The summed E-state index contributed by atoms with van der Waals surface area (Å²) in [6, 6.07) is 22.3. The summed E-state index contributed by atoms with van der Waals surface area (Å²) < 4.78 is 11.9. The Balaban J connectivity index is 0.00000363. The van der Waals surface area contributed by atoms with Gasteiger partial charge in [0.2, 0.25) is 0 Å². The monoisotopic (exact) mass is 457 g/mol. The fourth-order valence-corrected chi connectivity index (χ4v) is 3.08. The summed E-state index contributed by atoms with van der Waals surface area (Å²) in [7, 11) is 0. The Morgan fingerprint density at radius 2 is 1.66 bits per heavy atom. The lowest BCUT2D eigenvalue weighted by atomic mass is 10.1. The highest BCUT2D eigenvalue weighted by Crippen LogP contribution is 2.32. The molecule has 0 radical (unpaired) electrons. The number of hydrogen-bond acceptors (Lipinski definition) is 6. The van der Waals surface area contributed by atoms with Crippen LogP contribution < -0.4 is 20.1 Å². The summed E-state index contributed by atoms with van der Waals surface area (Å²) >= 11 is 0. The van der Waals surface area contributed by atoms with Crippen LogP contribution in [0.3, 0.4) is 0 Å². The van der Waals surface area contributed by atoms with Crippen molar-refractivity contribution in [2.24, 2.45) is 0 Å². The van der Waals surface area contributed by atoms with Gasteiger partial charge in [0, 0.05) is 43.0 Å². The largest absolute Gasteiger partial charge is 0.490 e. The van der Waals surface area contributed by atoms with E-state index in [0.717, 1.165) is 28.3 Å². The third-order valence-electron chi connectivity index (χ3n) is 4.61. The second-order valence-electron chi connectivity index (χ2n) is 6.86. The van der Waals surface area contributed by atoms with Crippen LogP contribution in [0.25, 0.3) is 0 Å². The fraction of sp³-hybridized carbons (Fsp3) is 0.250. The molecular weight excluding hydrogens is 430 g/mol. The lowest BCUT2D eigenvalue weighted by Crippen LogP contribution is -2.22. The van der Waals surface area contributed by atoms with Crippen molar-refractivity contribution in [3.8, 4) is 11.5 Å². The van der Waals surface area contributed by atoms with Crippen LogP contribution in [-0.2, 0) is 13.2 Å². The summed E-state index contributed by atoms with van der Waals surface area (Å²) in [4.78, 5) is 10.3. The highest BCUT2D eigenvalue weighted by Gasteiger charge is 2.11. The van der Waals surface area contributed by atoms with E-state index in [-0.39, 0.29) is 18.1 Å². The molecule has 0 aliphatic rings. The number of ether oxygens (including phenoxy) is 2. The summed E-state index contributed by atoms with van der Waals surface area (Å²) in [5.41, 5.74) is 3.05. The normalized spacial score (nSPS) is 10.2. The fourth-order valence-electron chi connectivity index (χ4n) is 3.08. The zero-order chi connectivity index (χ0) is 21.9. The molecule has 0 saturated heterocycles. The van der Waals surface area contributed by atoms with Crippen molar-refractivity contribution in [2.75, 3.05) is 25.0 Å². The van der Waals surface area contributed by atoms with Gasteiger partial charge < -0.3 is 20.1 Å². The molecule has 0 unspecified atom stereocenters. The van der Waals surface area contributed by atoms with E-state index in [1.54, 1.807) is 12.1 Å². The first-order chi connectivity index (χ1) is 15.2. The van der Waals surface area contributed by atoms with E-state index >= 15 is 0 Å². The highest BCUT2D eigenvalue weighted by molar-refractivity contribution is 5.85. The van der Waals surface area contributed by atoms with Gasteiger partial charge in [-0.05, 0) is 30.7 Å². The van der Waals surface area contributed by atoms with Crippen molar-refractivity contribution in [1.82, 2.24) is 5.32 Å². The SMILES string of the molecule is CCOc1cccc(CNCCNc2ccc([N+](=O)[O-])cc2)c1OCc1ccccc1.Cl. The van der Waals surface area contributed by atoms with Crippen LogP contribution in [0, 0.1) is 10.1 Å². The number of hydrogen-bond donors (Lipinski definition) is 2. The number of anilines is 1. The van der Waals surface area contributed by atoms with Gasteiger partial charge in [-0.3, -0.25) is 10.1 Å². The van der Waals surface area contributed by atoms with Crippen LogP contribution in [0.5, 0.6) is 11.5 Å². The number of nitro groups is 1. The smallest absolute Gasteiger partial charge is 0.269 e. The molecule has 3 rings (SSSR count). The van der Waals surface area contributed by atoms with Gasteiger partial charge >= 0.3 is 0 Å². The molecule has 2 N–H and O–H groups in total. The lowest BCUT2D eigenvalue weighted by Gasteiger charge is -2.17. The standard InChI is InChI=1S/C24H27N3O4.ClH/c1-2-30-23-10-6-9-20(24(23)31-18-19-7-4-3-5-8-19)17-25-15-16-26-21-11-13-22(14-12-21)27(28)29;/h3-14,25-26H,2,15-18H2,1H3;1H. The minimum atomic E-state index is -0.404. The Kier molecular flexibility index (Phi) is 10.3. The molecule has 0 bridgehead atoms. The number of para-hydroxylation sites is 1. The maximum Gasteiger partial charge on any atom is 0.269 e. The van der Waals surface area contributed by atoms with Crippen molar-refractivity contribution in [2.45, 2.75) is 20.1 Å². The zero-order valence-corrected chi connectivity index (χ0v) is 18.8. The Morgan fingerprint density at radius 1 is 0.906 bits per heavy atom. The number of halogens is 1. The molecule has 0 atom stereocenters. The van der Waals surface area contributed by atoms with Crippen LogP contribution in [-0.4, -0.2) is 24.6 Å². The summed E-state index contributed by atoms with van der Waals surface area (Å²) in [6.07, 6.45) is 0. The maximum absolute atomic E-state index is 10.7. The molecule has 0 aliphatic carbocycles. The van der Waals surface area contributed by atoms with Gasteiger partial charge in [-0.25, -0.2) is 0 Å². The minimum Gasteiger partial charge on any atom is -0.490 e. The first-order valence-corrected chi connectivity index (χ1v) is 10.3. The van der Waals surface area contributed by atoms with Gasteiger partial charge in [-0.2, -0.15) is 0 Å². The van der Waals surface area contributed by atoms with Gasteiger partial charge in [0.1, 0.15) is 6.61 Å². The Bertz CT molecular complexity index is 969. The molecule has 0 fully saturated rings. The first-order valence-electron chi connectivity index (χ1n) is 10.3. The highest BCUT2D eigenvalue weighted by atomic mass is 35.5. The van der Waals surface area contributed by atoms with Gasteiger partial charge in [0.25, 0.3) is 5.69 Å². The van der Waals surface area contributed by atoms with E-state index in [4.69, 9.17) is 9.47 Å². The van der Waals surface area contributed by atoms with Crippen LogP contribution in [0.15, 0.2) is 72.8 Å². The average molecular weight is 458 g/mol. The van der Waals surface area contributed by atoms with Crippen LogP contribution in [0.2, 0.25) is 0 Å². The van der Waals surface area contributed by atoms with Crippen molar-refractivity contribution < 1.29 is 14.4 Å². The molecule has 0 aromatic heterocycles. The third-order valence-corrected chi connectivity index (χ3v) is 4.61. The second kappa shape index (κ2) is 13.2. The summed E-state index contributed by atoms with van der Waals surface area (Å²) in [5, 5.41) is 17.4. The lowest BCUT2D eigenvalue weighted by molar-refractivity contribution is -0.384. The molecule has 8 heteroatoms. The Morgan fingerprint density at radius 3 is 2.34 bits per heavy atom. The molecule has 3 aromatic carbocycles. The van der Waals surface area contributed by atoms with Gasteiger partial charge in [0.05, 0.1) is 11.5 Å². The predicted molar refractivity (Wildman–Crippen MR) is 129 cm³/mol. The summed E-state index contributed by atoms with van der Waals surface area (Å²) in [5.74, 6) is 1.49. The predicted octanol–water partition coefficient (Wildman–Crippen LogP) is 5.20. The molecule has 170 valence electrons. The number of nitrogens with one attached hydrogen (secondary N) is 2. The van der Waals surface area contributed by atoms with Crippen LogP contribution >= 0.6 is 12.4 Å². The molecule has 0 aliphatic heterocycles. The third kappa shape index (κ3) is 7.44. The Hall–Kier alpha value is -3.29. The molecule has 3 aromatic rings. The number of nitrogens with zero attached hydrogens (tertiary/aromatic N) is 1. The number of rotatable bonds is 12. The maximum atomic E-state index is 10.7. The average Bonchev–Trinajstić information content (AvgIpc) is 2.79. The molecule has 7 nitrogen and oxygen atoms in total. The molecule has 0 spiro atoms.